The minimum Gasteiger partial charge on any atom is -0.244 e. The van der Waals surface area contributed by atoms with Crippen molar-refractivity contribution in [3.05, 3.63) is 47.5 Å². The van der Waals surface area contributed by atoms with E-state index < -0.39 is 11.6 Å². The fourth-order valence-electron chi connectivity index (χ4n) is 1.24. The van der Waals surface area contributed by atoms with Crippen molar-refractivity contribution in [2.24, 2.45) is 0 Å². The molecule has 0 amide bonds. The molecule has 2 nitrogen and oxygen atoms in total. The van der Waals surface area contributed by atoms with E-state index in [0.717, 1.165) is 12.1 Å². The van der Waals surface area contributed by atoms with Gasteiger partial charge >= 0.3 is 0 Å². The van der Waals surface area contributed by atoms with E-state index in [-0.39, 0.29) is 16.3 Å². The van der Waals surface area contributed by atoms with E-state index >= 15 is 0 Å². The Bertz CT molecular complexity index is 482. The Labute approximate surface area is 89.6 Å². The molecule has 1 aromatic heterocycles. The second-order valence-electron chi connectivity index (χ2n) is 2.82. The molecule has 0 spiro atoms. The molecule has 0 saturated heterocycles. The first-order valence-electron chi connectivity index (χ1n) is 4.10. The number of aromatic nitrogens is 2. The smallest absolute Gasteiger partial charge is 0.140 e. The Morgan fingerprint density at radius 1 is 1.13 bits per heavy atom. The van der Waals surface area contributed by atoms with Crippen LogP contribution in [0.2, 0.25) is 5.15 Å². The van der Waals surface area contributed by atoms with Gasteiger partial charge in [0, 0.05) is 11.8 Å². The minimum absolute atomic E-state index is 0.0222. The highest BCUT2D eigenvalue weighted by molar-refractivity contribution is 6.32. The van der Waals surface area contributed by atoms with Gasteiger partial charge < -0.3 is 0 Å². The third kappa shape index (κ3) is 1.80. The van der Waals surface area contributed by atoms with Crippen molar-refractivity contribution >= 4 is 11.6 Å². The molecule has 76 valence electrons. The molecule has 5 heteroatoms. The summed E-state index contributed by atoms with van der Waals surface area (Å²) in [5, 5.41) is 0.0222. The summed E-state index contributed by atoms with van der Waals surface area (Å²) < 4.78 is 26.7. The molecule has 0 saturated carbocycles. The normalized spacial score (nSPS) is 10.3. The highest BCUT2D eigenvalue weighted by Gasteiger charge is 2.14. The summed E-state index contributed by atoms with van der Waals surface area (Å²) in [6.07, 6.45) is 2.49. The van der Waals surface area contributed by atoms with E-state index in [1.165, 1.54) is 18.6 Å². The maximum absolute atomic E-state index is 13.4. The van der Waals surface area contributed by atoms with Crippen molar-refractivity contribution in [2.75, 3.05) is 0 Å². The zero-order valence-electron chi connectivity index (χ0n) is 7.42. The fraction of sp³-hybridized carbons (Fsp3) is 0. The summed E-state index contributed by atoms with van der Waals surface area (Å²) in [4.78, 5) is 7.33. The summed E-state index contributed by atoms with van der Waals surface area (Å²) in [6.45, 7) is 0. The Balaban J connectivity index is 2.69. The van der Waals surface area contributed by atoms with Crippen molar-refractivity contribution in [1.82, 2.24) is 9.97 Å². The minimum atomic E-state index is -0.688. The van der Waals surface area contributed by atoms with Gasteiger partial charge in [0.15, 0.2) is 0 Å². The predicted molar refractivity (Wildman–Crippen MR) is 52.4 cm³/mol. The van der Waals surface area contributed by atoms with Gasteiger partial charge in [-0.15, -0.1) is 0 Å². The van der Waals surface area contributed by atoms with Crippen LogP contribution in [0.3, 0.4) is 0 Å². The Hall–Kier alpha value is -1.55. The maximum Gasteiger partial charge on any atom is 0.140 e. The Morgan fingerprint density at radius 3 is 2.40 bits per heavy atom. The maximum atomic E-state index is 13.4. The summed E-state index contributed by atoms with van der Waals surface area (Å²) in [6, 6.07) is 3.59. The number of halogens is 3. The standard InChI is InChI=1S/C10H5ClF2N2/c11-10-6(4-14-5-15-10)9-7(12)2-1-3-8(9)13/h1-5H. The lowest BCUT2D eigenvalue weighted by atomic mass is 10.1. The van der Waals surface area contributed by atoms with Crippen LogP contribution >= 0.6 is 11.6 Å². The third-order valence-electron chi connectivity index (χ3n) is 1.90. The molecule has 0 fully saturated rings. The van der Waals surface area contributed by atoms with E-state index in [9.17, 15) is 8.78 Å². The van der Waals surface area contributed by atoms with E-state index in [1.54, 1.807) is 0 Å². The monoisotopic (exact) mass is 226 g/mol. The number of rotatable bonds is 1. The molecule has 2 aromatic rings. The van der Waals surface area contributed by atoms with Crippen LogP contribution in [0.5, 0.6) is 0 Å². The zero-order chi connectivity index (χ0) is 10.8. The SMILES string of the molecule is Fc1cccc(F)c1-c1cncnc1Cl. The van der Waals surface area contributed by atoms with Gasteiger partial charge in [-0.3, -0.25) is 0 Å². The van der Waals surface area contributed by atoms with Gasteiger partial charge in [-0.05, 0) is 12.1 Å². The van der Waals surface area contributed by atoms with Crippen LogP contribution in [0.15, 0.2) is 30.7 Å². The number of hydrogen-bond donors (Lipinski definition) is 0. The molecule has 0 aliphatic carbocycles. The summed E-state index contributed by atoms with van der Waals surface area (Å²) in [5.74, 6) is -1.38. The second kappa shape index (κ2) is 3.90. The van der Waals surface area contributed by atoms with E-state index in [4.69, 9.17) is 11.6 Å². The molecule has 0 aliphatic rings. The van der Waals surface area contributed by atoms with Crippen LogP contribution in [0.25, 0.3) is 11.1 Å². The molecule has 2 rings (SSSR count). The van der Waals surface area contributed by atoms with Gasteiger partial charge in [-0.1, -0.05) is 17.7 Å². The van der Waals surface area contributed by atoms with Gasteiger partial charge in [-0.2, -0.15) is 0 Å². The molecule has 0 unspecified atom stereocenters. The average molecular weight is 227 g/mol. The van der Waals surface area contributed by atoms with E-state index in [0.29, 0.717) is 0 Å². The largest absolute Gasteiger partial charge is 0.244 e. The predicted octanol–water partition coefficient (Wildman–Crippen LogP) is 3.08. The molecule has 1 aromatic carbocycles. The fourth-order valence-corrected chi connectivity index (χ4v) is 1.42. The van der Waals surface area contributed by atoms with Crippen LogP contribution in [0, 0.1) is 11.6 Å². The molecule has 0 aliphatic heterocycles. The van der Waals surface area contributed by atoms with Gasteiger partial charge in [0.05, 0.1) is 5.56 Å². The Kier molecular flexibility index (Phi) is 2.60. The van der Waals surface area contributed by atoms with Crippen LogP contribution in [-0.2, 0) is 0 Å². The van der Waals surface area contributed by atoms with Crippen molar-refractivity contribution in [3.8, 4) is 11.1 Å². The molecule has 0 radical (unpaired) electrons. The van der Waals surface area contributed by atoms with E-state index in [2.05, 4.69) is 9.97 Å². The number of benzene rings is 1. The first kappa shape index (κ1) is 9.98. The molecule has 15 heavy (non-hydrogen) atoms. The Morgan fingerprint density at radius 2 is 1.80 bits per heavy atom. The highest BCUT2D eigenvalue weighted by atomic mass is 35.5. The lowest BCUT2D eigenvalue weighted by Gasteiger charge is -2.05. The van der Waals surface area contributed by atoms with Crippen molar-refractivity contribution in [1.29, 1.82) is 0 Å². The summed E-state index contributed by atoms with van der Waals surface area (Å²) in [7, 11) is 0. The van der Waals surface area contributed by atoms with Gasteiger partial charge in [-0.25, -0.2) is 18.7 Å². The molecular formula is C10H5ClF2N2. The molecule has 1 heterocycles. The summed E-state index contributed by atoms with van der Waals surface area (Å²) >= 11 is 5.72. The van der Waals surface area contributed by atoms with Crippen LogP contribution in [-0.4, -0.2) is 9.97 Å². The van der Waals surface area contributed by atoms with Crippen LogP contribution in [0.4, 0.5) is 8.78 Å². The number of hydrogen-bond acceptors (Lipinski definition) is 2. The molecule has 0 atom stereocenters. The molecule has 0 N–H and O–H groups in total. The first-order chi connectivity index (χ1) is 7.20. The van der Waals surface area contributed by atoms with Crippen molar-refractivity contribution in [2.45, 2.75) is 0 Å². The summed E-state index contributed by atoms with van der Waals surface area (Å²) in [5.41, 5.74) is -0.0575. The zero-order valence-corrected chi connectivity index (χ0v) is 8.17. The van der Waals surface area contributed by atoms with Crippen molar-refractivity contribution in [3.63, 3.8) is 0 Å². The average Bonchev–Trinajstić information content (AvgIpc) is 2.20. The number of nitrogens with zero attached hydrogens (tertiary/aromatic N) is 2. The van der Waals surface area contributed by atoms with Crippen LogP contribution in [0.1, 0.15) is 0 Å². The molecule has 0 bridgehead atoms. The lowest BCUT2D eigenvalue weighted by molar-refractivity contribution is 0.589. The molecular weight excluding hydrogens is 222 g/mol. The third-order valence-corrected chi connectivity index (χ3v) is 2.20. The highest BCUT2D eigenvalue weighted by Crippen LogP contribution is 2.29. The van der Waals surface area contributed by atoms with Gasteiger partial charge in [0.25, 0.3) is 0 Å². The lowest BCUT2D eigenvalue weighted by Crippen LogP contribution is -1.92. The first-order valence-corrected chi connectivity index (χ1v) is 4.48. The second-order valence-corrected chi connectivity index (χ2v) is 3.18. The van der Waals surface area contributed by atoms with Gasteiger partial charge in [0.2, 0.25) is 0 Å². The quantitative estimate of drug-likeness (QED) is 0.699. The van der Waals surface area contributed by atoms with Crippen LogP contribution < -0.4 is 0 Å². The topological polar surface area (TPSA) is 25.8 Å². The van der Waals surface area contributed by atoms with Gasteiger partial charge in [0.1, 0.15) is 23.1 Å². The van der Waals surface area contributed by atoms with E-state index in [1.807, 2.05) is 0 Å². The van der Waals surface area contributed by atoms with Crippen molar-refractivity contribution < 1.29 is 8.78 Å².